The van der Waals surface area contributed by atoms with Gasteiger partial charge >= 0.3 is 0 Å². The molecule has 0 unspecified atom stereocenters. The molecule has 1 aromatic rings. The average Bonchev–Trinajstić information content (AvgIpc) is 2.18. The Balaban J connectivity index is 3.22. The fraction of sp³-hybridized carbons (Fsp3) is 0.222. The van der Waals surface area contributed by atoms with Crippen molar-refractivity contribution in [3.63, 3.8) is 0 Å². The average molecular weight is 228 g/mol. The molecule has 0 saturated carbocycles. The molecule has 0 spiro atoms. The first-order chi connectivity index (χ1) is 7.06. The topological polar surface area (TPSA) is 81.5 Å². The van der Waals surface area contributed by atoms with Crippen LogP contribution in [-0.2, 0) is 0 Å². The number of aliphatic imine (C=N–C) groups is 1. The van der Waals surface area contributed by atoms with Crippen LogP contribution in [0.15, 0.2) is 23.2 Å². The fourth-order valence-corrected chi connectivity index (χ4v) is 1.34. The van der Waals surface area contributed by atoms with Crippen LogP contribution < -0.4 is 5.73 Å². The van der Waals surface area contributed by atoms with Gasteiger partial charge in [-0.15, -0.1) is 0 Å². The predicted octanol–water partition coefficient (Wildman–Crippen LogP) is 2.18. The van der Waals surface area contributed by atoms with E-state index in [1.807, 2.05) is 6.92 Å². The first kappa shape index (κ1) is 11.5. The summed E-state index contributed by atoms with van der Waals surface area (Å²) >= 11 is 5.84. The molecule has 0 bridgehead atoms. The lowest BCUT2D eigenvalue weighted by molar-refractivity contribution is -0.384. The highest BCUT2D eigenvalue weighted by Crippen LogP contribution is 2.21. The van der Waals surface area contributed by atoms with Crippen molar-refractivity contribution >= 4 is 28.1 Å². The Morgan fingerprint density at radius 2 is 2.33 bits per heavy atom. The number of halogens is 1. The van der Waals surface area contributed by atoms with Gasteiger partial charge in [0.25, 0.3) is 5.69 Å². The van der Waals surface area contributed by atoms with Gasteiger partial charge in [-0.2, -0.15) is 0 Å². The van der Waals surface area contributed by atoms with Crippen LogP contribution in [0.4, 0.5) is 11.4 Å². The molecule has 2 N–H and O–H groups in total. The third kappa shape index (κ3) is 2.66. The number of anilines is 1. The molecule has 0 radical (unpaired) electrons. The van der Waals surface area contributed by atoms with Crippen molar-refractivity contribution < 1.29 is 4.92 Å². The molecule has 1 rings (SSSR count). The molecule has 0 saturated heterocycles. The Kier molecular flexibility index (Phi) is 3.62. The highest BCUT2D eigenvalue weighted by atomic mass is 35.5. The summed E-state index contributed by atoms with van der Waals surface area (Å²) in [6, 6.07) is 4.09. The molecule has 0 aliphatic rings. The first-order valence-electron chi connectivity index (χ1n) is 4.30. The Labute approximate surface area is 91.7 Å². The molecule has 1 aromatic carbocycles. The molecule has 0 aromatic heterocycles. The van der Waals surface area contributed by atoms with Gasteiger partial charge in [0.2, 0.25) is 0 Å². The quantitative estimate of drug-likeness (QED) is 0.372. The molecule has 0 aliphatic heterocycles. The van der Waals surface area contributed by atoms with Gasteiger partial charge in [-0.25, -0.2) is 0 Å². The van der Waals surface area contributed by atoms with Crippen molar-refractivity contribution in [2.24, 2.45) is 4.99 Å². The lowest BCUT2D eigenvalue weighted by Crippen LogP contribution is -2.01. The van der Waals surface area contributed by atoms with Crippen LogP contribution in [0.25, 0.3) is 0 Å². The van der Waals surface area contributed by atoms with E-state index < -0.39 is 4.92 Å². The number of nitro benzene ring substituents is 1. The summed E-state index contributed by atoms with van der Waals surface area (Å²) in [6.45, 7) is 2.32. The van der Waals surface area contributed by atoms with Gasteiger partial charge in [0.1, 0.15) is 5.17 Å². The van der Waals surface area contributed by atoms with E-state index in [4.69, 9.17) is 17.3 Å². The molecular formula is C9H10ClN3O2. The van der Waals surface area contributed by atoms with E-state index in [0.717, 1.165) is 0 Å². The number of non-ortho nitro benzene ring substituents is 1. The van der Waals surface area contributed by atoms with Gasteiger partial charge in [-0.3, -0.25) is 15.1 Å². The Hall–Kier alpha value is -1.62. The first-order valence-corrected chi connectivity index (χ1v) is 4.68. The smallest absolute Gasteiger partial charge is 0.270 e. The summed E-state index contributed by atoms with van der Waals surface area (Å²) in [5.41, 5.74) is 6.35. The minimum absolute atomic E-state index is 0.0522. The summed E-state index contributed by atoms with van der Waals surface area (Å²) in [4.78, 5) is 14.0. The predicted molar refractivity (Wildman–Crippen MR) is 60.4 cm³/mol. The maximum absolute atomic E-state index is 10.5. The molecule has 0 fully saturated rings. The van der Waals surface area contributed by atoms with E-state index in [1.54, 1.807) is 0 Å². The van der Waals surface area contributed by atoms with Crippen molar-refractivity contribution in [3.8, 4) is 0 Å². The van der Waals surface area contributed by atoms with Crippen LogP contribution >= 0.6 is 11.6 Å². The van der Waals surface area contributed by atoms with Gasteiger partial charge in [0, 0.05) is 29.9 Å². The van der Waals surface area contributed by atoms with Crippen LogP contribution in [0.5, 0.6) is 0 Å². The van der Waals surface area contributed by atoms with Crippen molar-refractivity contribution in [3.05, 3.63) is 33.9 Å². The Bertz CT molecular complexity index is 418. The SMILES string of the molecule is CCN=C(Cl)c1cc([N+](=O)[O-])ccc1N. The standard InChI is InChI=1S/C9H10ClN3O2/c1-2-12-9(10)7-5-6(13(14)15)3-4-8(7)11/h3-5H,2,11H2,1H3. The lowest BCUT2D eigenvalue weighted by Gasteiger charge is -2.02. The molecule has 0 amide bonds. The van der Waals surface area contributed by atoms with Gasteiger partial charge in [0.15, 0.2) is 0 Å². The highest BCUT2D eigenvalue weighted by molar-refractivity contribution is 6.70. The molecule has 15 heavy (non-hydrogen) atoms. The summed E-state index contributed by atoms with van der Waals surface area (Å²) < 4.78 is 0. The minimum atomic E-state index is -0.501. The summed E-state index contributed by atoms with van der Waals surface area (Å²) in [7, 11) is 0. The number of nitrogens with zero attached hydrogens (tertiary/aromatic N) is 2. The van der Waals surface area contributed by atoms with Gasteiger partial charge in [0.05, 0.1) is 4.92 Å². The van der Waals surface area contributed by atoms with Crippen LogP contribution in [-0.4, -0.2) is 16.6 Å². The lowest BCUT2D eigenvalue weighted by atomic mass is 10.2. The van der Waals surface area contributed by atoms with Crippen LogP contribution in [0.3, 0.4) is 0 Å². The second kappa shape index (κ2) is 4.75. The van der Waals surface area contributed by atoms with Crippen molar-refractivity contribution in [1.29, 1.82) is 0 Å². The Morgan fingerprint density at radius 1 is 1.67 bits per heavy atom. The molecule has 0 atom stereocenters. The number of hydrogen-bond donors (Lipinski definition) is 1. The van der Waals surface area contributed by atoms with Crippen molar-refractivity contribution in [2.45, 2.75) is 6.92 Å². The number of nitrogen functional groups attached to an aromatic ring is 1. The van der Waals surface area contributed by atoms with E-state index in [2.05, 4.69) is 4.99 Å². The number of rotatable bonds is 3. The molecule has 80 valence electrons. The van der Waals surface area contributed by atoms with Gasteiger partial charge in [-0.1, -0.05) is 11.6 Å². The van der Waals surface area contributed by atoms with Crippen LogP contribution in [0.1, 0.15) is 12.5 Å². The van der Waals surface area contributed by atoms with E-state index in [9.17, 15) is 10.1 Å². The number of nitrogens with two attached hydrogens (primary N) is 1. The normalized spacial score (nSPS) is 11.5. The van der Waals surface area contributed by atoms with Crippen molar-refractivity contribution in [2.75, 3.05) is 12.3 Å². The second-order valence-corrected chi connectivity index (χ2v) is 3.15. The fourth-order valence-electron chi connectivity index (χ4n) is 1.06. The summed E-state index contributed by atoms with van der Waals surface area (Å²) in [6.07, 6.45) is 0. The molecular weight excluding hydrogens is 218 g/mol. The maximum Gasteiger partial charge on any atom is 0.270 e. The number of benzene rings is 1. The molecule has 0 heterocycles. The van der Waals surface area contributed by atoms with Crippen LogP contribution in [0.2, 0.25) is 0 Å². The third-order valence-electron chi connectivity index (χ3n) is 1.77. The van der Waals surface area contributed by atoms with E-state index in [0.29, 0.717) is 17.8 Å². The van der Waals surface area contributed by atoms with E-state index in [-0.39, 0.29) is 10.9 Å². The number of nitro groups is 1. The third-order valence-corrected chi connectivity index (χ3v) is 2.09. The van der Waals surface area contributed by atoms with E-state index in [1.165, 1.54) is 18.2 Å². The Morgan fingerprint density at radius 3 is 2.87 bits per heavy atom. The molecule has 0 aliphatic carbocycles. The van der Waals surface area contributed by atoms with Crippen molar-refractivity contribution in [1.82, 2.24) is 0 Å². The minimum Gasteiger partial charge on any atom is -0.398 e. The zero-order chi connectivity index (χ0) is 11.4. The van der Waals surface area contributed by atoms with Gasteiger partial charge < -0.3 is 5.73 Å². The van der Waals surface area contributed by atoms with E-state index >= 15 is 0 Å². The highest BCUT2D eigenvalue weighted by Gasteiger charge is 2.11. The monoisotopic (exact) mass is 227 g/mol. The zero-order valence-electron chi connectivity index (χ0n) is 8.11. The van der Waals surface area contributed by atoms with Gasteiger partial charge in [-0.05, 0) is 13.0 Å². The summed E-state index contributed by atoms with van der Waals surface area (Å²) in [5, 5.41) is 10.7. The number of hydrogen-bond acceptors (Lipinski definition) is 4. The van der Waals surface area contributed by atoms with Crippen LogP contribution in [0, 0.1) is 10.1 Å². The largest absolute Gasteiger partial charge is 0.398 e. The molecule has 6 heteroatoms. The zero-order valence-corrected chi connectivity index (χ0v) is 8.86. The molecule has 5 nitrogen and oxygen atoms in total. The second-order valence-electron chi connectivity index (χ2n) is 2.79. The summed E-state index contributed by atoms with van der Waals surface area (Å²) in [5.74, 6) is 0. The maximum atomic E-state index is 10.5.